The first-order valence-electron chi connectivity index (χ1n) is 3.94. The quantitative estimate of drug-likeness (QED) is 0.560. The Morgan fingerprint density at radius 2 is 1.85 bits per heavy atom. The van der Waals surface area contributed by atoms with Crippen molar-refractivity contribution in [3.63, 3.8) is 0 Å². The maximum absolute atomic E-state index is 5.74. The molecule has 0 aliphatic rings. The number of nitrogens with two attached hydrogens (primary N) is 2. The molecule has 0 fully saturated rings. The van der Waals surface area contributed by atoms with Crippen LogP contribution in [0.2, 0.25) is 5.02 Å². The predicted molar refractivity (Wildman–Crippen MR) is 55.7 cm³/mol. The number of benzene rings is 1. The highest BCUT2D eigenvalue weighted by Gasteiger charge is 2.02. The molecular formula is C9H12ClN3. The van der Waals surface area contributed by atoms with E-state index in [-0.39, 0.29) is 12.0 Å². The molecule has 0 bridgehead atoms. The van der Waals surface area contributed by atoms with Crippen LogP contribution in [0.25, 0.3) is 0 Å². The minimum absolute atomic E-state index is 0.0257. The van der Waals surface area contributed by atoms with Crippen molar-refractivity contribution in [2.45, 2.75) is 13.0 Å². The smallest absolute Gasteiger partial charge is 0.186 e. The summed E-state index contributed by atoms with van der Waals surface area (Å²) in [5.74, 6) is 0.0995. The van der Waals surface area contributed by atoms with E-state index in [2.05, 4.69) is 4.99 Å². The van der Waals surface area contributed by atoms with Gasteiger partial charge in [0, 0.05) is 5.02 Å². The van der Waals surface area contributed by atoms with Crippen molar-refractivity contribution in [2.24, 2.45) is 16.5 Å². The molecule has 0 amide bonds. The van der Waals surface area contributed by atoms with Crippen LogP contribution in [0.4, 0.5) is 0 Å². The van der Waals surface area contributed by atoms with Gasteiger partial charge in [0.15, 0.2) is 5.96 Å². The molecule has 1 unspecified atom stereocenters. The zero-order chi connectivity index (χ0) is 9.84. The van der Waals surface area contributed by atoms with Crippen LogP contribution in [0.1, 0.15) is 18.5 Å². The predicted octanol–water partition coefficient (Wildman–Crippen LogP) is 1.67. The molecule has 0 saturated carbocycles. The maximum Gasteiger partial charge on any atom is 0.186 e. The first-order valence-corrected chi connectivity index (χ1v) is 4.31. The fourth-order valence-corrected chi connectivity index (χ4v) is 1.17. The Labute approximate surface area is 82.4 Å². The summed E-state index contributed by atoms with van der Waals surface area (Å²) in [6.45, 7) is 1.92. The van der Waals surface area contributed by atoms with E-state index < -0.39 is 0 Å². The first kappa shape index (κ1) is 9.86. The van der Waals surface area contributed by atoms with Gasteiger partial charge in [-0.2, -0.15) is 0 Å². The highest BCUT2D eigenvalue weighted by atomic mass is 35.5. The highest BCUT2D eigenvalue weighted by Crippen LogP contribution is 2.18. The lowest BCUT2D eigenvalue weighted by Crippen LogP contribution is -2.23. The fourth-order valence-electron chi connectivity index (χ4n) is 1.04. The molecular weight excluding hydrogens is 186 g/mol. The van der Waals surface area contributed by atoms with Gasteiger partial charge in [0.1, 0.15) is 0 Å². The van der Waals surface area contributed by atoms with E-state index >= 15 is 0 Å². The van der Waals surface area contributed by atoms with Crippen molar-refractivity contribution >= 4 is 17.6 Å². The Balaban J connectivity index is 2.83. The summed E-state index contributed by atoms with van der Waals surface area (Å²) in [6, 6.07) is 7.41. The third-order valence-corrected chi connectivity index (χ3v) is 1.95. The second-order valence-electron chi connectivity index (χ2n) is 2.78. The largest absolute Gasteiger partial charge is 0.370 e. The Morgan fingerprint density at radius 1 is 1.31 bits per heavy atom. The topological polar surface area (TPSA) is 64.4 Å². The number of guanidine groups is 1. The van der Waals surface area contributed by atoms with Gasteiger partial charge in [-0.1, -0.05) is 23.7 Å². The maximum atomic E-state index is 5.74. The Hall–Kier alpha value is -1.22. The summed E-state index contributed by atoms with van der Waals surface area (Å²) in [6.07, 6.45) is 0. The van der Waals surface area contributed by atoms with Crippen LogP contribution >= 0.6 is 11.6 Å². The summed E-state index contributed by atoms with van der Waals surface area (Å²) in [5.41, 5.74) is 11.6. The Morgan fingerprint density at radius 3 is 2.31 bits per heavy atom. The molecule has 1 rings (SSSR count). The number of hydrogen-bond acceptors (Lipinski definition) is 1. The lowest BCUT2D eigenvalue weighted by molar-refractivity contribution is 0.816. The van der Waals surface area contributed by atoms with Crippen LogP contribution in [-0.2, 0) is 0 Å². The molecule has 0 radical (unpaired) electrons. The van der Waals surface area contributed by atoms with Gasteiger partial charge < -0.3 is 11.5 Å². The number of hydrogen-bond donors (Lipinski definition) is 2. The minimum atomic E-state index is -0.0257. The van der Waals surface area contributed by atoms with Crippen molar-refractivity contribution in [3.05, 3.63) is 34.9 Å². The number of nitrogens with zero attached hydrogens (tertiary/aromatic N) is 1. The van der Waals surface area contributed by atoms with E-state index in [4.69, 9.17) is 23.1 Å². The number of aliphatic imine (C=N–C) groups is 1. The molecule has 4 heteroatoms. The lowest BCUT2D eigenvalue weighted by atomic mass is 10.1. The molecule has 1 aromatic carbocycles. The van der Waals surface area contributed by atoms with Gasteiger partial charge in [0.2, 0.25) is 0 Å². The molecule has 0 heterocycles. The van der Waals surface area contributed by atoms with Gasteiger partial charge in [-0.05, 0) is 24.6 Å². The highest BCUT2D eigenvalue weighted by molar-refractivity contribution is 6.30. The van der Waals surface area contributed by atoms with Crippen molar-refractivity contribution in [1.82, 2.24) is 0 Å². The average molecular weight is 198 g/mol. The third-order valence-electron chi connectivity index (χ3n) is 1.70. The van der Waals surface area contributed by atoms with Crippen molar-refractivity contribution in [1.29, 1.82) is 0 Å². The molecule has 1 atom stereocenters. The summed E-state index contributed by atoms with van der Waals surface area (Å²) in [5, 5.41) is 0.709. The van der Waals surface area contributed by atoms with Gasteiger partial charge in [-0.3, -0.25) is 0 Å². The van der Waals surface area contributed by atoms with E-state index in [0.29, 0.717) is 5.02 Å². The average Bonchev–Trinajstić information content (AvgIpc) is 2.04. The molecule has 0 aliphatic heterocycles. The van der Waals surface area contributed by atoms with E-state index in [1.165, 1.54) is 0 Å². The summed E-state index contributed by atoms with van der Waals surface area (Å²) in [7, 11) is 0. The Kier molecular flexibility index (Phi) is 3.14. The third kappa shape index (κ3) is 2.95. The van der Waals surface area contributed by atoms with Crippen LogP contribution in [0, 0.1) is 0 Å². The molecule has 3 nitrogen and oxygen atoms in total. The van der Waals surface area contributed by atoms with Gasteiger partial charge >= 0.3 is 0 Å². The van der Waals surface area contributed by atoms with Gasteiger partial charge in [0.25, 0.3) is 0 Å². The van der Waals surface area contributed by atoms with E-state index in [1.807, 2.05) is 31.2 Å². The molecule has 0 spiro atoms. The van der Waals surface area contributed by atoms with Gasteiger partial charge in [-0.15, -0.1) is 0 Å². The second kappa shape index (κ2) is 4.14. The SMILES string of the molecule is CC(N=C(N)N)c1ccc(Cl)cc1. The molecule has 13 heavy (non-hydrogen) atoms. The van der Waals surface area contributed by atoms with Crippen molar-refractivity contribution in [2.75, 3.05) is 0 Å². The monoisotopic (exact) mass is 197 g/mol. The van der Waals surface area contributed by atoms with Crippen LogP contribution in [0.3, 0.4) is 0 Å². The molecule has 0 saturated heterocycles. The summed E-state index contributed by atoms with van der Waals surface area (Å²) < 4.78 is 0. The number of rotatable bonds is 2. The molecule has 70 valence electrons. The van der Waals surface area contributed by atoms with Crippen molar-refractivity contribution in [3.8, 4) is 0 Å². The number of halogens is 1. The summed E-state index contributed by atoms with van der Waals surface area (Å²) >= 11 is 5.74. The summed E-state index contributed by atoms with van der Waals surface area (Å²) in [4.78, 5) is 4.01. The van der Waals surface area contributed by atoms with Crippen LogP contribution in [0.5, 0.6) is 0 Å². The Bertz CT molecular complexity index is 301. The van der Waals surface area contributed by atoms with E-state index in [1.54, 1.807) is 0 Å². The first-order chi connectivity index (χ1) is 6.09. The van der Waals surface area contributed by atoms with Crippen LogP contribution in [-0.4, -0.2) is 5.96 Å². The molecule has 0 aromatic heterocycles. The molecule has 0 aliphatic carbocycles. The van der Waals surface area contributed by atoms with E-state index in [9.17, 15) is 0 Å². The second-order valence-corrected chi connectivity index (χ2v) is 3.22. The normalized spacial score (nSPS) is 12.2. The van der Waals surface area contributed by atoms with E-state index in [0.717, 1.165) is 5.56 Å². The molecule has 4 N–H and O–H groups in total. The fraction of sp³-hybridized carbons (Fsp3) is 0.222. The zero-order valence-corrected chi connectivity index (χ0v) is 8.12. The van der Waals surface area contributed by atoms with Crippen molar-refractivity contribution < 1.29 is 0 Å². The standard InChI is InChI=1S/C9H12ClN3/c1-6(13-9(11)12)7-2-4-8(10)5-3-7/h2-6H,1H3,(H4,11,12,13). The van der Waals surface area contributed by atoms with Crippen LogP contribution < -0.4 is 11.5 Å². The van der Waals surface area contributed by atoms with Crippen LogP contribution in [0.15, 0.2) is 29.3 Å². The molecule has 1 aromatic rings. The van der Waals surface area contributed by atoms with Gasteiger partial charge in [-0.25, -0.2) is 4.99 Å². The van der Waals surface area contributed by atoms with Gasteiger partial charge in [0.05, 0.1) is 6.04 Å². The minimum Gasteiger partial charge on any atom is -0.370 e. The lowest BCUT2D eigenvalue weighted by Gasteiger charge is -2.06. The zero-order valence-electron chi connectivity index (χ0n) is 7.37.